The standard InChI is InChI=1S/C16H12Cl2O3S/c1-9-6-14-15(16(19)21-9)10(4-5-22-14)8-20-13-3-2-11(17)7-12(13)18/h2-4,6-7H,5,8H2,1H3. The number of ether oxygens (including phenoxy) is 1. The zero-order valence-corrected chi connectivity index (χ0v) is 14.0. The fourth-order valence-corrected chi connectivity index (χ4v) is 3.74. The lowest BCUT2D eigenvalue weighted by molar-refractivity contribution is 0.368. The van der Waals surface area contributed by atoms with Crippen LogP contribution in [-0.2, 0) is 0 Å². The Hall–Kier alpha value is -1.36. The van der Waals surface area contributed by atoms with Crippen molar-refractivity contribution < 1.29 is 9.15 Å². The van der Waals surface area contributed by atoms with Crippen molar-refractivity contribution in [3.63, 3.8) is 0 Å². The molecular formula is C16H12Cl2O3S. The van der Waals surface area contributed by atoms with E-state index in [-0.39, 0.29) is 12.2 Å². The van der Waals surface area contributed by atoms with E-state index >= 15 is 0 Å². The van der Waals surface area contributed by atoms with Gasteiger partial charge < -0.3 is 9.15 Å². The molecule has 0 aliphatic carbocycles. The van der Waals surface area contributed by atoms with Gasteiger partial charge in [-0.25, -0.2) is 4.79 Å². The van der Waals surface area contributed by atoms with Crippen molar-refractivity contribution in [1.82, 2.24) is 0 Å². The van der Waals surface area contributed by atoms with Crippen molar-refractivity contribution in [1.29, 1.82) is 0 Å². The minimum atomic E-state index is -0.334. The van der Waals surface area contributed by atoms with Crippen LogP contribution in [0.3, 0.4) is 0 Å². The monoisotopic (exact) mass is 354 g/mol. The summed E-state index contributed by atoms with van der Waals surface area (Å²) in [7, 11) is 0. The number of halogens is 2. The number of hydrogen-bond acceptors (Lipinski definition) is 4. The first-order valence-corrected chi connectivity index (χ1v) is 8.33. The first-order valence-electron chi connectivity index (χ1n) is 6.59. The summed E-state index contributed by atoms with van der Waals surface area (Å²) in [5, 5.41) is 0.988. The van der Waals surface area contributed by atoms with E-state index in [0.29, 0.717) is 27.1 Å². The van der Waals surface area contributed by atoms with Gasteiger partial charge in [-0.1, -0.05) is 29.3 Å². The molecule has 0 atom stereocenters. The molecule has 0 bridgehead atoms. The molecule has 3 nitrogen and oxygen atoms in total. The van der Waals surface area contributed by atoms with Gasteiger partial charge in [0.15, 0.2) is 0 Å². The van der Waals surface area contributed by atoms with E-state index in [0.717, 1.165) is 16.2 Å². The van der Waals surface area contributed by atoms with Crippen LogP contribution in [0.25, 0.3) is 5.57 Å². The maximum Gasteiger partial charge on any atom is 0.344 e. The summed E-state index contributed by atoms with van der Waals surface area (Å²) in [6.07, 6.45) is 1.98. The molecule has 0 unspecified atom stereocenters. The summed E-state index contributed by atoms with van der Waals surface area (Å²) in [5.74, 6) is 1.94. The van der Waals surface area contributed by atoms with E-state index < -0.39 is 0 Å². The fourth-order valence-electron chi connectivity index (χ4n) is 2.20. The number of hydrogen-bond donors (Lipinski definition) is 0. The largest absolute Gasteiger partial charge is 0.487 e. The van der Waals surface area contributed by atoms with Gasteiger partial charge >= 0.3 is 5.63 Å². The van der Waals surface area contributed by atoms with Crippen molar-refractivity contribution in [2.75, 3.05) is 12.4 Å². The SMILES string of the molecule is Cc1cc2c(c(=O)o1)C(COc1ccc(Cl)cc1Cl)=CCS2. The van der Waals surface area contributed by atoms with Gasteiger partial charge in [-0.05, 0) is 31.2 Å². The fraction of sp³-hybridized carbons (Fsp3) is 0.188. The third-order valence-electron chi connectivity index (χ3n) is 3.21. The van der Waals surface area contributed by atoms with Gasteiger partial charge in [0.25, 0.3) is 0 Å². The minimum Gasteiger partial charge on any atom is -0.487 e. The number of thioether (sulfide) groups is 1. The van der Waals surface area contributed by atoms with Gasteiger partial charge in [-0.3, -0.25) is 0 Å². The summed E-state index contributed by atoms with van der Waals surface area (Å²) in [6, 6.07) is 6.92. The van der Waals surface area contributed by atoms with Gasteiger partial charge in [0.05, 0.1) is 10.6 Å². The van der Waals surface area contributed by atoms with Crippen LogP contribution in [0, 0.1) is 6.92 Å². The Morgan fingerprint density at radius 1 is 1.32 bits per heavy atom. The van der Waals surface area contributed by atoms with Crippen LogP contribution in [0.5, 0.6) is 5.75 Å². The van der Waals surface area contributed by atoms with E-state index in [1.165, 1.54) is 0 Å². The molecule has 0 N–H and O–H groups in total. The second-order valence-corrected chi connectivity index (χ2v) is 6.69. The smallest absolute Gasteiger partial charge is 0.344 e. The summed E-state index contributed by atoms with van der Waals surface area (Å²) >= 11 is 13.6. The predicted molar refractivity (Wildman–Crippen MR) is 90.4 cm³/mol. The lowest BCUT2D eigenvalue weighted by atomic mass is 10.1. The highest BCUT2D eigenvalue weighted by atomic mass is 35.5. The van der Waals surface area contributed by atoms with Crippen molar-refractivity contribution in [2.45, 2.75) is 11.8 Å². The first-order chi connectivity index (χ1) is 10.5. The minimum absolute atomic E-state index is 0.253. The van der Waals surface area contributed by atoms with Crippen molar-refractivity contribution in [2.24, 2.45) is 0 Å². The second-order valence-electron chi connectivity index (χ2n) is 4.79. The quantitative estimate of drug-likeness (QED) is 0.791. The average Bonchev–Trinajstić information content (AvgIpc) is 2.45. The zero-order valence-electron chi connectivity index (χ0n) is 11.7. The third-order valence-corrected chi connectivity index (χ3v) is 4.70. The van der Waals surface area contributed by atoms with Crippen molar-refractivity contribution in [3.8, 4) is 5.75 Å². The number of aryl methyl sites for hydroxylation is 1. The van der Waals surface area contributed by atoms with E-state index in [1.807, 2.05) is 12.1 Å². The van der Waals surface area contributed by atoms with Gasteiger partial charge in [-0.15, -0.1) is 11.8 Å². The molecule has 0 saturated carbocycles. The molecule has 0 saturated heterocycles. The molecule has 3 rings (SSSR count). The van der Waals surface area contributed by atoms with Crippen LogP contribution in [0.4, 0.5) is 0 Å². The maximum atomic E-state index is 12.1. The van der Waals surface area contributed by atoms with Gasteiger partial charge in [0.2, 0.25) is 0 Å². The Kier molecular flexibility index (Phi) is 4.52. The Labute approximate surface area is 141 Å². The van der Waals surface area contributed by atoms with E-state index in [2.05, 4.69) is 0 Å². The first kappa shape index (κ1) is 15.5. The predicted octanol–water partition coefficient (Wildman–Crippen LogP) is 4.82. The highest BCUT2D eigenvalue weighted by Crippen LogP contribution is 2.33. The van der Waals surface area contributed by atoms with Gasteiger partial charge in [0.1, 0.15) is 18.1 Å². The molecule has 2 heterocycles. The Morgan fingerprint density at radius 2 is 2.14 bits per heavy atom. The van der Waals surface area contributed by atoms with Crippen LogP contribution >= 0.6 is 35.0 Å². The Bertz CT molecular complexity index is 812. The van der Waals surface area contributed by atoms with E-state index in [4.69, 9.17) is 32.4 Å². The Balaban J connectivity index is 1.85. The van der Waals surface area contributed by atoms with Crippen molar-refractivity contribution in [3.05, 3.63) is 62.1 Å². The number of fused-ring (bicyclic) bond motifs is 1. The molecule has 22 heavy (non-hydrogen) atoms. The van der Waals surface area contributed by atoms with Gasteiger partial charge in [0, 0.05) is 21.2 Å². The molecule has 1 aliphatic rings. The topological polar surface area (TPSA) is 39.4 Å². The molecule has 0 amide bonds. The van der Waals surface area contributed by atoms with Crippen LogP contribution in [0.2, 0.25) is 10.0 Å². The highest BCUT2D eigenvalue weighted by molar-refractivity contribution is 7.99. The van der Waals surface area contributed by atoms with Crippen LogP contribution in [0.1, 0.15) is 11.3 Å². The molecule has 2 aromatic rings. The second kappa shape index (κ2) is 6.41. The van der Waals surface area contributed by atoms with E-state index in [1.54, 1.807) is 36.9 Å². The summed E-state index contributed by atoms with van der Waals surface area (Å²) in [4.78, 5) is 13.0. The van der Waals surface area contributed by atoms with Gasteiger partial charge in [-0.2, -0.15) is 0 Å². The molecule has 0 spiro atoms. The molecule has 6 heteroatoms. The number of rotatable bonds is 3. The number of benzene rings is 1. The molecule has 114 valence electrons. The third kappa shape index (κ3) is 3.19. The van der Waals surface area contributed by atoms with Crippen LogP contribution < -0.4 is 10.4 Å². The lowest BCUT2D eigenvalue weighted by Crippen LogP contribution is -2.15. The van der Waals surface area contributed by atoms with E-state index in [9.17, 15) is 4.79 Å². The van der Waals surface area contributed by atoms with Crippen molar-refractivity contribution >= 4 is 40.5 Å². The van der Waals surface area contributed by atoms with Crippen LogP contribution in [0.15, 0.2) is 44.4 Å². The molecule has 1 aromatic carbocycles. The summed E-state index contributed by atoms with van der Waals surface area (Å²) in [5.41, 5.74) is 1.06. The zero-order chi connectivity index (χ0) is 15.7. The molecule has 1 aromatic heterocycles. The molecular weight excluding hydrogens is 343 g/mol. The normalized spacial score (nSPS) is 13.5. The molecule has 1 aliphatic heterocycles. The highest BCUT2D eigenvalue weighted by Gasteiger charge is 2.19. The summed E-state index contributed by atoms with van der Waals surface area (Å²) < 4.78 is 10.9. The summed E-state index contributed by atoms with van der Waals surface area (Å²) in [6.45, 7) is 2.02. The molecule has 0 radical (unpaired) electrons. The maximum absolute atomic E-state index is 12.1. The lowest BCUT2D eigenvalue weighted by Gasteiger charge is -2.17. The van der Waals surface area contributed by atoms with Crippen LogP contribution in [-0.4, -0.2) is 12.4 Å². The molecule has 0 fully saturated rings. The average molecular weight is 355 g/mol. The Morgan fingerprint density at radius 3 is 2.91 bits per heavy atom.